The number of aromatic nitrogens is 1. The third kappa shape index (κ3) is 4.35. The lowest BCUT2D eigenvalue weighted by atomic mass is 10.1. The molecule has 0 aliphatic carbocycles. The zero-order valence-corrected chi connectivity index (χ0v) is 14.7. The van der Waals surface area contributed by atoms with Gasteiger partial charge in [0.05, 0.1) is 15.8 Å². The van der Waals surface area contributed by atoms with Crippen LogP contribution in [0.25, 0.3) is 10.8 Å². The molecule has 134 valence electrons. The highest BCUT2D eigenvalue weighted by Crippen LogP contribution is 2.31. The maximum absolute atomic E-state index is 12.4. The molecule has 1 aromatic heterocycles. The van der Waals surface area contributed by atoms with E-state index in [4.69, 9.17) is 28.2 Å². The van der Waals surface area contributed by atoms with E-state index in [1.54, 1.807) is 0 Å². The standard InChI is InChI=1S/C14H16ClN5O4S/c1-7(13(21)22)5-19-25(23,24)8-2-3-9-10(4-8)12(20-14(16)17)18-6-11(9)15/h2-4,6-7,19H,5H2,1H3,(H,21,22)(H4,16,17,18,20). The minimum Gasteiger partial charge on any atom is -0.481 e. The topological polar surface area (TPSA) is 161 Å². The van der Waals surface area contributed by atoms with Gasteiger partial charge >= 0.3 is 5.97 Å². The van der Waals surface area contributed by atoms with Crippen LogP contribution in [0.3, 0.4) is 0 Å². The summed E-state index contributed by atoms with van der Waals surface area (Å²) in [6.45, 7) is 1.15. The van der Waals surface area contributed by atoms with Crippen molar-refractivity contribution in [2.24, 2.45) is 22.4 Å². The summed E-state index contributed by atoms with van der Waals surface area (Å²) in [7, 11) is -3.93. The molecule has 2 aromatic rings. The molecule has 1 atom stereocenters. The van der Waals surface area contributed by atoms with Gasteiger partial charge in [0.2, 0.25) is 10.0 Å². The van der Waals surface area contributed by atoms with Gasteiger partial charge in [-0.2, -0.15) is 4.99 Å². The van der Waals surface area contributed by atoms with Crippen molar-refractivity contribution in [3.63, 3.8) is 0 Å². The molecule has 1 heterocycles. The number of fused-ring (bicyclic) bond motifs is 1. The summed E-state index contributed by atoms with van der Waals surface area (Å²) in [5, 5.41) is 10.0. The van der Waals surface area contributed by atoms with Crippen molar-refractivity contribution in [1.29, 1.82) is 0 Å². The summed E-state index contributed by atoms with van der Waals surface area (Å²) in [5.41, 5.74) is 10.7. The fraction of sp³-hybridized carbons (Fsp3) is 0.214. The highest BCUT2D eigenvalue weighted by Gasteiger charge is 2.19. The fourth-order valence-electron chi connectivity index (χ4n) is 1.96. The summed E-state index contributed by atoms with van der Waals surface area (Å²) in [4.78, 5) is 18.6. The Bertz CT molecular complexity index is 957. The van der Waals surface area contributed by atoms with Gasteiger partial charge in [-0.3, -0.25) is 4.79 Å². The minimum absolute atomic E-state index is 0.0892. The van der Waals surface area contributed by atoms with E-state index in [1.165, 1.54) is 31.3 Å². The van der Waals surface area contributed by atoms with Crippen LogP contribution in [0.1, 0.15) is 6.92 Å². The summed E-state index contributed by atoms with van der Waals surface area (Å²) < 4.78 is 27.0. The number of nitrogens with two attached hydrogens (primary N) is 2. The highest BCUT2D eigenvalue weighted by atomic mass is 35.5. The van der Waals surface area contributed by atoms with Crippen LogP contribution in [-0.2, 0) is 14.8 Å². The van der Waals surface area contributed by atoms with Crippen LogP contribution in [0.5, 0.6) is 0 Å². The molecule has 0 saturated carbocycles. The van der Waals surface area contributed by atoms with Crippen LogP contribution >= 0.6 is 11.6 Å². The molecular weight excluding hydrogens is 370 g/mol. The normalized spacial score (nSPS) is 12.7. The molecule has 11 heteroatoms. The van der Waals surface area contributed by atoms with Gasteiger partial charge in [-0.15, -0.1) is 0 Å². The Balaban J connectivity index is 2.49. The average Bonchev–Trinajstić information content (AvgIpc) is 2.54. The number of carboxylic acids is 1. The van der Waals surface area contributed by atoms with Crippen molar-refractivity contribution in [2.45, 2.75) is 11.8 Å². The second-order valence-electron chi connectivity index (χ2n) is 5.26. The predicted molar refractivity (Wildman–Crippen MR) is 94.2 cm³/mol. The second kappa shape index (κ2) is 7.21. The number of aliphatic imine (C=N–C) groups is 1. The molecule has 0 bridgehead atoms. The Labute approximate surface area is 148 Å². The number of nitrogens with zero attached hydrogens (tertiary/aromatic N) is 2. The molecule has 1 unspecified atom stereocenters. The largest absolute Gasteiger partial charge is 0.481 e. The quantitative estimate of drug-likeness (QED) is 0.422. The number of nitrogens with one attached hydrogen (secondary N) is 1. The SMILES string of the molecule is CC(CNS(=O)(=O)c1ccc2c(Cl)cnc(N=C(N)N)c2c1)C(=O)O. The van der Waals surface area contributed by atoms with Gasteiger partial charge < -0.3 is 16.6 Å². The van der Waals surface area contributed by atoms with Gasteiger partial charge in [0.15, 0.2) is 11.8 Å². The monoisotopic (exact) mass is 385 g/mol. The van der Waals surface area contributed by atoms with E-state index < -0.39 is 21.9 Å². The van der Waals surface area contributed by atoms with Crippen molar-refractivity contribution in [1.82, 2.24) is 9.71 Å². The first-order valence-corrected chi connectivity index (χ1v) is 8.88. The molecule has 2 rings (SSSR count). The number of hydrogen-bond acceptors (Lipinski definition) is 5. The van der Waals surface area contributed by atoms with Crippen LogP contribution in [0, 0.1) is 5.92 Å². The fourth-order valence-corrected chi connectivity index (χ4v) is 3.33. The molecular formula is C14H16ClN5O4S. The van der Waals surface area contributed by atoms with E-state index in [9.17, 15) is 13.2 Å². The van der Waals surface area contributed by atoms with Crippen LogP contribution in [0.2, 0.25) is 5.02 Å². The molecule has 0 fully saturated rings. The van der Waals surface area contributed by atoms with Gasteiger partial charge in [0, 0.05) is 23.5 Å². The maximum Gasteiger partial charge on any atom is 0.307 e. The molecule has 9 nitrogen and oxygen atoms in total. The maximum atomic E-state index is 12.4. The second-order valence-corrected chi connectivity index (χ2v) is 7.44. The van der Waals surface area contributed by atoms with Crippen LogP contribution in [0.4, 0.5) is 5.82 Å². The number of sulfonamides is 1. The van der Waals surface area contributed by atoms with E-state index in [2.05, 4.69) is 14.7 Å². The Morgan fingerprint density at radius 3 is 2.68 bits per heavy atom. The smallest absolute Gasteiger partial charge is 0.307 e. The number of carboxylic acid groups (broad SMARTS) is 1. The number of carbonyl (C=O) groups is 1. The van der Waals surface area contributed by atoms with Gasteiger partial charge in [-0.05, 0) is 12.1 Å². The van der Waals surface area contributed by atoms with Crippen LogP contribution in [0.15, 0.2) is 34.3 Å². The van der Waals surface area contributed by atoms with Gasteiger partial charge in [0.1, 0.15) is 0 Å². The molecule has 0 aliphatic heterocycles. The number of aliphatic carboxylic acids is 1. The van der Waals surface area contributed by atoms with E-state index in [1.807, 2.05) is 0 Å². The molecule has 0 radical (unpaired) electrons. The number of benzene rings is 1. The third-order valence-electron chi connectivity index (χ3n) is 3.34. The number of guanidine groups is 1. The Morgan fingerprint density at radius 2 is 2.08 bits per heavy atom. The third-order valence-corrected chi connectivity index (χ3v) is 5.06. The first-order valence-electron chi connectivity index (χ1n) is 7.02. The lowest BCUT2D eigenvalue weighted by Gasteiger charge is -2.11. The zero-order chi connectivity index (χ0) is 18.8. The van der Waals surface area contributed by atoms with Crippen LogP contribution in [-0.4, -0.2) is 37.0 Å². The molecule has 0 aliphatic rings. The van der Waals surface area contributed by atoms with Crippen molar-refractivity contribution in [3.8, 4) is 0 Å². The molecule has 0 saturated heterocycles. The van der Waals surface area contributed by atoms with Crippen molar-refractivity contribution in [2.75, 3.05) is 6.54 Å². The van der Waals surface area contributed by atoms with Gasteiger partial charge in [0.25, 0.3) is 0 Å². The molecule has 1 aromatic carbocycles. The Morgan fingerprint density at radius 1 is 1.40 bits per heavy atom. The number of pyridine rings is 1. The highest BCUT2D eigenvalue weighted by molar-refractivity contribution is 7.89. The summed E-state index contributed by atoms with van der Waals surface area (Å²) in [6, 6.07) is 4.17. The van der Waals surface area contributed by atoms with E-state index in [0.717, 1.165) is 0 Å². The van der Waals surface area contributed by atoms with Crippen molar-refractivity contribution >= 4 is 50.1 Å². The first-order chi connectivity index (χ1) is 11.6. The number of hydrogen-bond donors (Lipinski definition) is 4. The Kier molecular flexibility index (Phi) is 5.45. The summed E-state index contributed by atoms with van der Waals surface area (Å²) in [6.07, 6.45) is 1.35. The molecule has 25 heavy (non-hydrogen) atoms. The lowest BCUT2D eigenvalue weighted by Crippen LogP contribution is -2.31. The zero-order valence-electron chi connectivity index (χ0n) is 13.1. The molecule has 6 N–H and O–H groups in total. The van der Waals surface area contributed by atoms with Crippen molar-refractivity contribution < 1.29 is 18.3 Å². The van der Waals surface area contributed by atoms with Gasteiger partial charge in [-0.25, -0.2) is 18.1 Å². The first kappa shape index (κ1) is 18.9. The van der Waals surface area contributed by atoms with E-state index >= 15 is 0 Å². The van der Waals surface area contributed by atoms with Gasteiger partial charge in [-0.1, -0.05) is 24.6 Å². The molecule has 0 amide bonds. The van der Waals surface area contributed by atoms with E-state index in [0.29, 0.717) is 15.8 Å². The lowest BCUT2D eigenvalue weighted by molar-refractivity contribution is -0.140. The minimum atomic E-state index is -3.93. The van der Waals surface area contributed by atoms with E-state index in [-0.39, 0.29) is 23.2 Å². The van der Waals surface area contributed by atoms with Crippen molar-refractivity contribution in [3.05, 3.63) is 29.4 Å². The Hall–Kier alpha value is -2.43. The molecule has 0 spiro atoms. The average molecular weight is 386 g/mol. The number of rotatable bonds is 6. The van der Waals surface area contributed by atoms with Crippen LogP contribution < -0.4 is 16.2 Å². The predicted octanol–water partition coefficient (Wildman–Crippen LogP) is 0.792. The number of halogens is 1. The summed E-state index contributed by atoms with van der Waals surface area (Å²) >= 11 is 6.07. The summed E-state index contributed by atoms with van der Waals surface area (Å²) in [5.74, 6) is -2.09.